The third kappa shape index (κ3) is 3.60. The van der Waals surface area contributed by atoms with Crippen molar-refractivity contribution in [2.75, 3.05) is 0 Å². The quantitative estimate of drug-likeness (QED) is 0.171. The molecule has 0 radical (unpaired) electrons. The molecule has 0 aliphatic rings. The molecule has 0 unspecified atom stereocenters. The highest BCUT2D eigenvalue weighted by Gasteiger charge is 2.19. The first-order valence-electron chi connectivity index (χ1n) is 13.7. The fourth-order valence-electron chi connectivity index (χ4n) is 6.24. The topological polar surface area (TPSA) is 12.9 Å². The largest absolute Gasteiger partial charge is 0.256 e. The summed E-state index contributed by atoms with van der Waals surface area (Å²) in [5.74, 6) is 0. The Balaban J connectivity index is 1.53. The van der Waals surface area contributed by atoms with Gasteiger partial charge in [-0.1, -0.05) is 127 Å². The van der Waals surface area contributed by atoms with E-state index in [1.807, 2.05) is 0 Å². The van der Waals surface area contributed by atoms with E-state index in [0.717, 1.165) is 5.52 Å². The lowest BCUT2D eigenvalue weighted by Gasteiger charge is -2.19. The van der Waals surface area contributed by atoms with Crippen LogP contribution in [-0.2, 0) is 0 Å². The van der Waals surface area contributed by atoms with Crippen molar-refractivity contribution in [2.24, 2.45) is 0 Å². The van der Waals surface area contributed by atoms with Crippen molar-refractivity contribution in [1.82, 2.24) is 4.98 Å². The first kappa shape index (κ1) is 22.7. The van der Waals surface area contributed by atoms with E-state index in [9.17, 15) is 0 Å². The predicted octanol–water partition coefficient (Wildman–Crippen LogP) is 10.7. The van der Waals surface area contributed by atoms with Crippen molar-refractivity contribution >= 4 is 43.2 Å². The van der Waals surface area contributed by atoms with Gasteiger partial charge in [0.1, 0.15) is 0 Å². The van der Waals surface area contributed by atoms with E-state index in [-0.39, 0.29) is 0 Å². The van der Waals surface area contributed by atoms with E-state index in [1.165, 1.54) is 71.1 Å². The molecular formula is C39H25N. The Hall–Kier alpha value is -5.27. The second-order valence-corrected chi connectivity index (χ2v) is 10.4. The van der Waals surface area contributed by atoms with Crippen LogP contribution in [0.25, 0.3) is 76.6 Å². The SMILES string of the molecule is c1ccc(-c2cccc(-c3c4ccccc4c(-c4ccc5ccccc5c4)c4c3cnc3ccccc34)c2)cc1. The van der Waals surface area contributed by atoms with Gasteiger partial charge in [-0.3, -0.25) is 4.98 Å². The standard InChI is InChI=1S/C39H25N/c1-2-11-26(12-3-1)29-15-10-16-30(23-29)37-32-17-6-7-18-33(32)38(31-22-21-27-13-4-5-14-28(27)24-31)39-34-19-8-9-20-36(34)40-25-35(37)39/h1-25H. The van der Waals surface area contributed by atoms with Gasteiger partial charge in [-0.2, -0.15) is 0 Å². The summed E-state index contributed by atoms with van der Waals surface area (Å²) in [4.78, 5) is 4.97. The van der Waals surface area contributed by atoms with Crippen LogP contribution in [-0.4, -0.2) is 4.98 Å². The Morgan fingerprint density at radius 3 is 1.82 bits per heavy atom. The van der Waals surface area contributed by atoms with Crippen LogP contribution in [0, 0.1) is 0 Å². The number of hydrogen-bond donors (Lipinski definition) is 0. The average Bonchev–Trinajstić information content (AvgIpc) is 3.03. The predicted molar refractivity (Wildman–Crippen MR) is 171 cm³/mol. The second-order valence-electron chi connectivity index (χ2n) is 10.4. The number of para-hydroxylation sites is 1. The molecule has 8 aromatic rings. The summed E-state index contributed by atoms with van der Waals surface area (Å²) in [7, 11) is 0. The van der Waals surface area contributed by atoms with Crippen LogP contribution in [0.15, 0.2) is 152 Å². The van der Waals surface area contributed by atoms with Gasteiger partial charge in [0.15, 0.2) is 0 Å². The Bertz CT molecular complexity index is 2210. The third-order valence-electron chi connectivity index (χ3n) is 8.06. The number of benzene rings is 7. The van der Waals surface area contributed by atoms with E-state index in [4.69, 9.17) is 4.98 Å². The van der Waals surface area contributed by atoms with Gasteiger partial charge in [-0.15, -0.1) is 0 Å². The normalized spacial score (nSPS) is 11.5. The van der Waals surface area contributed by atoms with Crippen molar-refractivity contribution in [3.05, 3.63) is 152 Å². The number of rotatable bonds is 3. The van der Waals surface area contributed by atoms with Gasteiger partial charge >= 0.3 is 0 Å². The Kier molecular flexibility index (Phi) is 5.21. The molecule has 0 amide bonds. The first-order chi connectivity index (χ1) is 19.8. The van der Waals surface area contributed by atoms with Crippen LogP contribution in [0.1, 0.15) is 0 Å². The maximum Gasteiger partial charge on any atom is 0.0708 e. The molecule has 1 aromatic heterocycles. The monoisotopic (exact) mass is 507 g/mol. The fraction of sp³-hybridized carbons (Fsp3) is 0. The zero-order valence-corrected chi connectivity index (χ0v) is 21.9. The smallest absolute Gasteiger partial charge is 0.0708 e. The van der Waals surface area contributed by atoms with E-state index < -0.39 is 0 Å². The van der Waals surface area contributed by atoms with Crippen molar-refractivity contribution in [2.45, 2.75) is 0 Å². The Labute approximate surface area is 233 Å². The minimum absolute atomic E-state index is 1.01. The molecule has 1 heteroatoms. The van der Waals surface area contributed by atoms with Gasteiger partial charge < -0.3 is 0 Å². The van der Waals surface area contributed by atoms with Crippen molar-refractivity contribution in [3.63, 3.8) is 0 Å². The minimum atomic E-state index is 1.01. The molecule has 40 heavy (non-hydrogen) atoms. The summed E-state index contributed by atoms with van der Waals surface area (Å²) in [6.07, 6.45) is 2.08. The maximum atomic E-state index is 4.97. The Morgan fingerprint density at radius 1 is 0.350 bits per heavy atom. The fourth-order valence-corrected chi connectivity index (χ4v) is 6.24. The molecule has 8 rings (SSSR count). The van der Waals surface area contributed by atoms with Crippen molar-refractivity contribution in [3.8, 4) is 33.4 Å². The highest BCUT2D eigenvalue weighted by Crippen LogP contribution is 2.46. The number of fused-ring (bicyclic) bond motifs is 5. The summed E-state index contributed by atoms with van der Waals surface area (Å²) in [5, 5.41) is 8.58. The van der Waals surface area contributed by atoms with Gasteiger partial charge in [-0.05, 0) is 73.1 Å². The second kappa shape index (κ2) is 9.18. The molecule has 7 aromatic carbocycles. The molecule has 0 aliphatic heterocycles. The molecule has 1 heterocycles. The maximum absolute atomic E-state index is 4.97. The molecule has 0 fully saturated rings. The van der Waals surface area contributed by atoms with E-state index >= 15 is 0 Å². The van der Waals surface area contributed by atoms with Crippen molar-refractivity contribution in [1.29, 1.82) is 0 Å². The van der Waals surface area contributed by atoms with E-state index in [2.05, 4.69) is 152 Å². The molecule has 0 N–H and O–H groups in total. The lowest BCUT2D eigenvalue weighted by molar-refractivity contribution is 1.45. The molecule has 0 saturated heterocycles. The highest BCUT2D eigenvalue weighted by atomic mass is 14.6. The van der Waals surface area contributed by atoms with Gasteiger partial charge in [0.05, 0.1) is 5.52 Å². The summed E-state index contributed by atoms with van der Waals surface area (Å²) < 4.78 is 0. The molecule has 0 atom stereocenters. The summed E-state index contributed by atoms with van der Waals surface area (Å²) >= 11 is 0. The zero-order chi connectivity index (χ0) is 26.5. The van der Waals surface area contributed by atoms with Crippen LogP contribution in [0.3, 0.4) is 0 Å². The van der Waals surface area contributed by atoms with Crippen LogP contribution in [0.5, 0.6) is 0 Å². The molecule has 1 nitrogen and oxygen atoms in total. The average molecular weight is 508 g/mol. The third-order valence-corrected chi connectivity index (χ3v) is 8.06. The van der Waals surface area contributed by atoms with Crippen LogP contribution < -0.4 is 0 Å². The molecule has 186 valence electrons. The molecule has 0 aliphatic carbocycles. The summed E-state index contributed by atoms with van der Waals surface area (Å²) in [6, 6.07) is 52.4. The molecular weight excluding hydrogens is 482 g/mol. The van der Waals surface area contributed by atoms with Gasteiger partial charge in [0.25, 0.3) is 0 Å². The number of hydrogen-bond acceptors (Lipinski definition) is 1. The molecule has 0 bridgehead atoms. The van der Waals surface area contributed by atoms with Crippen LogP contribution in [0.4, 0.5) is 0 Å². The molecule has 0 spiro atoms. The summed E-state index contributed by atoms with van der Waals surface area (Å²) in [6.45, 7) is 0. The number of pyridine rings is 1. The zero-order valence-electron chi connectivity index (χ0n) is 21.9. The number of nitrogens with zero attached hydrogens (tertiary/aromatic N) is 1. The summed E-state index contributed by atoms with van der Waals surface area (Å²) in [5.41, 5.74) is 8.35. The van der Waals surface area contributed by atoms with Crippen molar-refractivity contribution < 1.29 is 0 Å². The first-order valence-corrected chi connectivity index (χ1v) is 13.7. The highest BCUT2D eigenvalue weighted by molar-refractivity contribution is 6.27. The van der Waals surface area contributed by atoms with Gasteiger partial charge in [0.2, 0.25) is 0 Å². The van der Waals surface area contributed by atoms with Gasteiger partial charge in [-0.25, -0.2) is 0 Å². The minimum Gasteiger partial charge on any atom is -0.256 e. The molecule has 0 saturated carbocycles. The van der Waals surface area contributed by atoms with E-state index in [0.29, 0.717) is 0 Å². The van der Waals surface area contributed by atoms with Gasteiger partial charge in [0, 0.05) is 22.4 Å². The van der Waals surface area contributed by atoms with Crippen LogP contribution >= 0.6 is 0 Å². The lowest BCUT2D eigenvalue weighted by Crippen LogP contribution is -1.93. The van der Waals surface area contributed by atoms with E-state index in [1.54, 1.807) is 0 Å². The van der Waals surface area contributed by atoms with Crippen LogP contribution in [0.2, 0.25) is 0 Å². The number of aromatic nitrogens is 1. The lowest BCUT2D eigenvalue weighted by atomic mass is 9.84. The Morgan fingerprint density at radius 2 is 0.975 bits per heavy atom.